The van der Waals surface area contributed by atoms with Gasteiger partial charge in [-0.15, -0.1) is 24.2 Å². The molecule has 110 valence electrons. The molecule has 1 aromatic carbocycles. The van der Waals surface area contributed by atoms with Gasteiger partial charge < -0.3 is 15.7 Å². The molecule has 1 saturated heterocycles. The molecule has 3 unspecified atom stereocenters. The van der Waals surface area contributed by atoms with E-state index in [1.165, 1.54) is 10.5 Å². The summed E-state index contributed by atoms with van der Waals surface area (Å²) < 4.78 is 0. The van der Waals surface area contributed by atoms with Gasteiger partial charge in [0.15, 0.2) is 0 Å². The molecule has 0 aliphatic carbocycles. The van der Waals surface area contributed by atoms with Crippen molar-refractivity contribution in [1.82, 2.24) is 10.6 Å². The zero-order valence-corrected chi connectivity index (χ0v) is 12.7. The van der Waals surface area contributed by atoms with E-state index in [9.17, 15) is 9.90 Å². The standard InChI is InChI=1S/C14H18N2O2S.ClH/c17-11-8-15-6-10(11)7-16-14(18)13-5-9-3-1-2-4-12(9)19-13;/h1-4,10-11,13,15,17H,5-8H2,(H,16,18);1H. The predicted molar refractivity (Wildman–Crippen MR) is 82.4 cm³/mol. The Morgan fingerprint density at radius 2 is 2.20 bits per heavy atom. The number of rotatable bonds is 3. The van der Waals surface area contributed by atoms with Crippen molar-refractivity contribution in [3.05, 3.63) is 29.8 Å². The molecule has 20 heavy (non-hydrogen) atoms. The van der Waals surface area contributed by atoms with Gasteiger partial charge in [-0.1, -0.05) is 18.2 Å². The van der Waals surface area contributed by atoms with Gasteiger partial charge in [-0.2, -0.15) is 0 Å². The molecule has 2 heterocycles. The first-order valence-corrected chi connectivity index (χ1v) is 7.53. The second-order valence-corrected chi connectivity index (χ2v) is 6.39. The van der Waals surface area contributed by atoms with Crippen LogP contribution in [0.15, 0.2) is 29.2 Å². The molecule has 2 aliphatic rings. The van der Waals surface area contributed by atoms with Crippen molar-refractivity contribution in [2.24, 2.45) is 5.92 Å². The van der Waals surface area contributed by atoms with Crippen molar-refractivity contribution in [2.75, 3.05) is 19.6 Å². The van der Waals surface area contributed by atoms with Crippen molar-refractivity contribution in [1.29, 1.82) is 0 Å². The van der Waals surface area contributed by atoms with Gasteiger partial charge in [0, 0.05) is 30.4 Å². The molecule has 3 N–H and O–H groups in total. The molecule has 3 atom stereocenters. The highest BCUT2D eigenvalue weighted by atomic mass is 35.5. The summed E-state index contributed by atoms with van der Waals surface area (Å²) in [6.07, 6.45) is 0.465. The van der Waals surface area contributed by atoms with Gasteiger partial charge in [-0.3, -0.25) is 4.79 Å². The maximum atomic E-state index is 12.1. The number of carbonyl (C=O) groups excluding carboxylic acids is 1. The molecule has 4 nitrogen and oxygen atoms in total. The Bertz CT molecular complexity index is 461. The minimum Gasteiger partial charge on any atom is -0.391 e. The Morgan fingerprint density at radius 1 is 1.40 bits per heavy atom. The molecule has 1 fully saturated rings. The van der Waals surface area contributed by atoms with Crippen molar-refractivity contribution in [3.8, 4) is 0 Å². The predicted octanol–water partition coefficient (Wildman–Crippen LogP) is 0.822. The van der Waals surface area contributed by atoms with Crippen molar-refractivity contribution < 1.29 is 9.90 Å². The lowest BCUT2D eigenvalue weighted by atomic mass is 10.1. The fourth-order valence-electron chi connectivity index (χ4n) is 2.60. The normalized spacial score (nSPS) is 27.8. The Hall–Kier alpha value is -0.750. The highest BCUT2D eigenvalue weighted by molar-refractivity contribution is 8.01. The zero-order chi connectivity index (χ0) is 13.2. The lowest BCUT2D eigenvalue weighted by molar-refractivity contribution is -0.120. The van der Waals surface area contributed by atoms with Gasteiger partial charge >= 0.3 is 0 Å². The number of hydrogen-bond acceptors (Lipinski definition) is 4. The molecule has 2 aliphatic heterocycles. The van der Waals surface area contributed by atoms with Gasteiger partial charge in [-0.05, 0) is 18.1 Å². The minimum absolute atomic E-state index is 0. The van der Waals surface area contributed by atoms with Crippen LogP contribution in [-0.2, 0) is 11.2 Å². The number of fused-ring (bicyclic) bond motifs is 1. The molecule has 0 radical (unpaired) electrons. The molecular formula is C14H19ClN2O2S. The molecule has 3 rings (SSSR count). The third kappa shape index (κ3) is 3.28. The number of nitrogens with one attached hydrogen (secondary N) is 2. The summed E-state index contributed by atoms with van der Waals surface area (Å²) in [6.45, 7) is 1.96. The van der Waals surface area contributed by atoms with Gasteiger partial charge in [0.2, 0.25) is 5.91 Å². The monoisotopic (exact) mass is 314 g/mol. The first-order chi connectivity index (χ1) is 9.24. The van der Waals surface area contributed by atoms with E-state index >= 15 is 0 Å². The number of β-amino-alcohol motifs (C(OH)–C–C–N with tert-alkyl or cyclic N) is 1. The maximum Gasteiger partial charge on any atom is 0.233 e. The first-order valence-electron chi connectivity index (χ1n) is 6.65. The van der Waals surface area contributed by atoms with Crippen LogP contribution >= 0.6 is 24.2 Å². The van der Waals surface area contributed by atoms with Gasteiger partial charge in [0.25, 0.3) is 0 Å². The van der Waals surface area contributed by atoms with E-state index in [-0.39, 0.29) is 35.6 Å². The van der Waals surface area contributed by atoms with E-state index in [2.05, 4.69) is 22.8 Å². The fraction of sp³-hybridized carbons (Fsp3) is 0.500. The summed E-state index contributed by atoms with van der Waals surface area (Å²) in [5, 5.41) is 15.8. The number of hydrogen-bond donors (Lipinski definition) is 3. The molecule has 1 amide bonds. The van der Waals surface area contributed by atoms with Crippen molar-refractivity contribution in [3.63, 3.8) is 0 Å². The quantitative estimate of drug-likeness (QED) is 0.773. The summed E-state index contributed by atoms with van der Waals surface area (Å²) in [7, 11) is 0. The summed E-state index contributed by atoms with van der Waals surface area (Å²) in [5.41, 5.74) is 1.26. The van der Waals surface area contributed by atoms with E-state index in [1.807, 2.05) is 12.1 Å². The Balaban J connectivity index is 0.00000147. The van der Waals surface area contributed by atoms with Gasteiger partial charge in [0.1, 0.15) is 0 Å². The average molecular weight is 315 g/mol. The van der Waals surface area contributed by atoms with Crippen LogP contribution in [0, 0.1) is 5.92 Å². The van der Waals surface area contributed by atoms with E-state index in [0.29, 0.717) is 13.1 Å². The van der Waals surface area contributed by atoms with Gasteiger partial charge in [0.05, 0.1) is 11.4 Å². The summed E-state index contributed by atoms with van der Waals surface area (Å²) in [4.78, 5) is 13.4. The summed E-state index contributed by atoms with van der Waals surface area (Å²) >= 11 is 1.64. The van der Waals surface area contributed by atoms with Crippen LogP contribution < -0.4 is 10.6 Å². The highest BCUT2D eigenvalue weighted by Crippen LogP contribution is 2.36. The number of carbonyl (C=O) groups is 1. The molecule has 0 bridgehead atoms. The molecule has 6 heteroatoms. The fourth-order valence-corrected chi connectivity index (χ4v) is 3.82. The number of benzene rings is 1. The van der Waals surface area contributed by atoms with Crippen LogP contribution in [0.3, 0.4) is 0 Å². The Kier molecular flexibility index (Phi) is 5.32. The van der Waals surface area contributed by atoms with Crippen LogP contribution in [0.1, 0.15) is 5.56 Å². The second kappa shape index (κ2) is 6.80. The third-order valence-electron chi connectivity index (χ3n) is 3.78. The number of amides is 1. The van der Waals surface area contributed by atoms with E-state index in [4.69, 9.17) is 0 Å². The van der Waals surface area contributed by atoms with Crippen LogP contribution in [0.5, 0.6) is 0 Å². The van der Waals surface area contributed by atoms with Crippen LogP contribution in [0.4, 0.5) is 0 Å². The van der Waals surface area contributed by atoms with Crippen LogP contribution in [0.25, 0.3) is 0 Å². The Morgan fingerprint density at radius 3 is 2.90 bits per heavy atom. The SMILES string of the molecule is Cl.O=C(NCC1CNCC1O)C1Cc2ccccc2S1. The van der Waals surface area contributed by atoms with Crippen LogP contribution in [-0.4, -0.2) is 42.0 Å². The number of aliphatic hydroxyl groups is 1. The molecule has 0 saturated carbocycles. The smallest absolute Gasteiger partial charge is 0.233 e. The zero-order valence-electron chi connectivity index (χ0n) is 11.0. The van der Waals surface area contributed by atoms with Gasteiger partial charge in [-0.25, -0.2) is 0 Å². The van der Waals surface area contributed by atoms with Crippen molar-refractivity contribution >= 4 is 30.1 Å². The average Bonchev–Trinajstić information content (AvgIpc) is 3.01. The topological polar surface area (TPSA) is 61.4 Å². The lowest BCUT2D eigenvalue weighted by Crippen LogP contribution is -2.38. The number of thioether (sulfide) groups is 1. The molecule has 0 aromatic heterocycles. The Labute approximate surface area is 129 Å². The molecule has 1 aromatic rings. The maximum absolute atomic E-state index is 12.1. The van der Waals surface area contributed by atoms with Crippen molar-refractivity contribution in [2.45, 2.75) is 22.7 Å². The number of halogens is 1. The van der Waals surface area contributed by atoms with E-state index in [0.717, 1.165) is 13.0 Å². The minimum atomic E-state index is -0.339. The van der Waals surface area contributed by atoms with E-state index in [1.54, 1.807) is 11.8 Å². The highest BCUT2D eigenvalue weighted by Gasteiger charge is 2.30. The van der Waals surface area contributed by atoms with E-state index < -0.39 is 0 Å². The van der Waals surface area contributed by atoms with Crippen LogP contribution in [0.2, 0.25) is 0 Å². The second-order valence-electron chi connectivity index (χ2n) is 5.15. The molecule has 0 spiro atoms. The molecular weight excluding hydrogens is 296 g/mol. The summed E-state index contributed by atoms with van der Waals surface area (Å²) in [5.74, 6) is 0.220. The largest absolute Gasteiger partial charge is 0.391 e. The lowest BCUT2D eigenvalue weighted by Gasteiger charge is -2.16. The first kappa shape index (κ1) is 15.6. The summed E-state index contributed by atoms with van der Waals surface area (Å²) in [6, 6.07) is 8.17. The number of aliphatic hydroxyl groups excluding tert-OH is 1. The third-order valence-corrected chi connectivity index (χ3v) is 5.10.